The van der Waals surface area contributed by atoms with Crippen LogP contribution in [-0.4, -0.2) is 18.1 Å². The van der Waals surface area contributed by atoms with E-state index in [1.807, 2.05) is 36.4 Å². The van der Waals surface area contributed by atoms with Gasteiger partial charge in [0, 0.05) is 19.6 Å². The van der Waals surface area contributed by atoms with Crippen molar-refractivity contribution in [2.45, 2.75) is 38.0 Å². The fraction of sp³-hybridized carbons (Fsp3) is 0.350. The van der Waals surface area contributed by atoms with Gasteiger partial charge >= 0.3 is 0 Å². The molecule has 0 spiro atoms. The van der Waals surface area contributed by atoms with Crippen molar-refractivity contribution in [1.29, 1.82) is 0 Å². The Labute approximate surface area is 143 Å². The maximum absolute atomic E-state index is 12.7. The third-order valence-electron chi connectivity index (χ3n) is 4.53. The molecule has 3 rings (SSSR count). The van der Waals surface area contributed by atoms with E-state index in [4.69, 9.17) is 0 Å². The summed E-state index contributed by atoms with van der Waals surface area (Å²) >= 11 is 0. The predicted octanol–water partition coefficient (Wildman–Crippen LogP) is 2.56. The lowest BCUT2D eigenvalue weighted by Crippen LogP contribution is -2.64. The van der Waals surface area contributed by atoms with Crippen molar-refractivity contribution in [2.24, 2.45) is 0 Å². The lowest BCUT2D eigenvalue weighted by Gasteiger charge is -2.33. The average Bonchev–Trinajstić information content (AvgIpc) is 2.82. The van der Waals surface area contributed by atoms with E-state index in [0.29, 0.717) is 13.1 Å². The Morgan fingerprint density at radius 2 is 1.38 bits per heavy atom. The van der Waals surface area contributed by atoms with E-state index in [-0.39, 0.29) is 5.91 Å². The summed E-state index contributed by atoms with van der Waals surface area (Å²) in [6, 6.07) is 20.4. The SMILES string of the molecule is O=C1NCCCCC1(NCc1ccccc1)NCc1ccccc1. The number of hydrogen-bond acceptors (Lipinski definition) is 3. The normalized spacial score (nSPS) is 17.1. The molecule has 0 radical (unpaired) electrons. The molecule has 2 aromatic carbocycles. The Hall–Kier alpha value is -2.17. The van der Waals surface area contributed by atoms with Crippen LogP contribution in [0, 0.1) is 0 Å². The number of benzene rings is 2. The van der Waals surface area contributed by atoms with Gasteiger partial charge in [0.25, 0.3) is 5.91 Å². The van der Waals surface area contributed by atoms with Gasteiger partial charge in [-0.3, -0.25) is 15.4 Å². The highest BCUT2D eigenvalue weighted by Crippen LogP contribution is 2.17. The van der Waals surface area contributed by atoms with E-state index in [0.717, 1.165) is 25.8 Å². The number of carbonyl (C=O) groups is 1. The molecule has 4 heteroatoms. The topological polar surface area (TPSA) is 53.2 Å². The second-order valence-corrected chi connectivity index (χ2v) is 6.30. The highest BCUT2D eigenvalue weighted by molar-refractivity contribution is 5.86. The number of rotatable bonds is 6. The quantitative estimate of drug-likeness (QED) is 0.716. The number of nitrogens with one attached hydrogen (secondary N) is 3. The summed E-state index contributed by atoms with van der Waals surface area (Å²) in [5, 5.41) is 10.0. The Balaban J connectivity index is 1.73. The first-order valence-electron chi connectivity index (χ1n) is 8.65. The average molecular weight is 323 g/mol. The van der Waals surface area contributed by atoms with Gasteiger partial charge in [0.2, 0.25) is 0 Å². The van der Waals surface area contributed by atoms with Crippen LogP contribution < -0.4 is 16.0 Å². The van der Waals surface area contributed by atoms with Crippen LogP contribution in [0.15, 0.2) is 60.7 Å². The fourth-order valence-corrected chi connectivity index (χ4v) is 3.08. The van der Waals surface area contributed by atoms with Crippen LogP contribution >= 0.6 is 0 Å². The van der Waals surface area contributed by atoms with E-state index >= 15 is 0 Å². The second kappa shape index (κ2) is 8.08. The van der Waals surface area contributed by atoms with Crippen molar-refractivity contribution in [3.8, 4) is 0 Å². The molecule has 1 heterocycles. The van der Waals surface area contributed by atoms with E-state index in [1.165, 1.54) is 11.1 Å². The predicted molar refractivity (Wildman–Crippen MR) is 96.2 cm³/mol. The largest absolute Gasteiger partial charge is 0.353 e. The molecule has 0 unspecified atom stereocenters. The van der Waals surface area contributed by atoms with Gasteiger partial charge in [-0.2, -0.15) is 0 Å². The van der Waals surface area contributed by atoms with Gasteiger partial charge in [-0.05, 0) is 30.4 Å². The molecule has 1 saturated heterocycles. The smallest absolute Gasteiger partial charge is 0.255 e. The van der Waals surface area contributed by atoms with Gasteiger partial charge in [0.15, 0.2) is 5.66 Å². The molecule has 4 nitrogen and oxygen atoms in total. The first-order valence-corrected chi connectivity index (χ1v) is 8.65. The summed E-state index contributed by atoms with van der Waals surface area (Å²) in [6.07, 6.45) is 2.83. The summed E-state index contributed by atoms with van der Waals surface area (Å²) < 4.78 is 0. The van der Waals surface area contributed by atoms with Crippen molar-refractivity contribution in [3.05, 3.63) is 71.8 Å². The van der Waals surface area contributed by atoms with Crippen molar-refractivity contribution >= 4 is 5.91 Å². The third-order valence-corrected chi connectivity index (χ3v) is 4.53. The van der Waals surface area contributed by atoms with Gasteiger partial charge in [0.1, 0.15) is 0 Å². The molecule has 1 aliphatic heterocycles. The number of hydrogen-bond donors (Lipinski definition) is 3. The Morgan fingerprint density at radius 3 is 1.92 bits per heavy atom. The molecular formula is C20H25N3O. The molecule has 2 aromatic rings. The number of carbonyl (C=O) groups excluding carboxylic acids is 1. The Kier molecular flexibility index (Phi) is 5.62. The Bertz CT molecular complexity index is 599. The molecule has 0 aliphatic carbocycles. The van der Waals surface area contributed by atoms with Crippen LogP contribution in [0.5, 0.6) is 0 Å². The van der Waals surface area contributed by atoms with Crippen molar-refractivity contribution < 1.29 is 4.79 Å². The highest BCUT2D eigenvalue weighted by atomic mass is 16.2. The lowest BCUT2D eigenvalue weighted by atomic mass is 10.0. The van der Waals surface area contributed by atoms with Gasteiger partial charge in [-0.25, -0.2) is 0 Å². The molecule has 24 heavy (non-hydrogen) atoms. The molecule has 3 N–H and O–H groups in total. The second-order valence-electron chi connectivity index (χ2n) is 6.30. The zero-order chi connectivity index (χ0) is 16.7. The maximum Gasteiger partial charge on any atom is 0.255 e. The van der Waals surface area contributed by atoms with Crippen molar-refractivity contribution in [2.75, 3.05) is 6.54 Å². The zero-order valence-corrected chi connectivity index (χ0v) is 13.9. The monoisotopic (exact) mass is 323 g/mol. The molecule has 1 aliphatic rings. The zero-order valence-electron chi connectivity index (χ0n) is 13.9. The van der Waals surface area contributed by atoms with E-state index in [2.05, 4.69) is 40.2 Å². The maximum atomic E-state index is 12.7. The lowest BCUT2D eigenvalue weighted by molar-refractivity contribution is -0.129. The fourth-order valence-electron chi connectivity index (χ4n) is 3.08. The first-order chi connectivity index (χ1) is 11.8. The van der Waals surface area contributed by atoms with Crippen LogP contribution in [0.1, 0.15) is 30.4 Å². The minimum absolute atomic E-state index is 0.0480. The first kappa shape index (κ1) is 16.7. The summed E-state index contributed by atoms with van der Waals surface area (Å²) in [5.74, 6) is 0.0480. The molecule has 0 aromatic heterocycles. The highest BCUT2D eigenvalue weighted by Gasteiger charge is 2.38. The third kappa shape index (κ3) is 4.22. The minimum atomic E-state index is -0.720. The van der Waals surface area contributed by atoms with Crippen molar-refractivity contribution in [3.63, 3.8) is 0 Å². The molecule has 126 valence electrons. The van der Waals surface area contributed by atoms with Gasteiger partial charge in [0.05, 0.1) is 0 Å². The summed E-state index contributed by atoms with van der Waals surface area (Å²) in [7, 11) is 0. The van der Waals surface area contributed by atoms with E-state index < -0.39 is 5.66 Å². The molecule has 1 amide bonds. The van der Waals surface area contributed by atoms with Gasteiger partial charge in [-0.15, -0.1) is 0 Å². The minimum Gasteiger partial charge on any atom is -0.353 e. The van der Waals surface area contributed by atoms with Crippen LogP contribution in [0.3, 0.4) is 0 Å². The van der Waals surface area contributed by atoms with Crippen LogP contribution in [-0.2, 0) is 17.9 Å². The van der Waals surface area contributed by atoms with Crippen LogP contribution in [0.4, 0.5) is 0 Å². The van der Waals surface area contributed by atoms with Crippen LogP contribution in [0.2, 0.25) is 0 Å². The van der Waals surface area contributed by atoms with Gasteiger partial charge in [-0.1, -0.05) is 60.7 Å². The molecule has 0 saturated carbocycles. The van der Waals surface area contributed by atoms with Gasteiger partial charge < -0.3 is 5.32 Å². The number of amides is 1. The molecule has 1 fully saturated rings. The van der Waals surface area contributed by atoms with E-state index in [1.54, 1.807) is 0 Å². The summed E-state index contributed by atoms with van der Waals surface area (Å²) in [5.41, 5.74) is 1.63. The molecule has 0 bridgehead atoms. The Morgan fingerprint density at radius 1 is 0.833 bits per heavy atom. The summed E-state index contributed by atoms with van der Waals surface area (Å²) in [4.78, 5) is 12.7. The molecular weight excluding hydrogens is 298 g/mol. The van der Waals surface area contributed by atoms with Crippen LogP contribution in [0.25, 0.3) is 0 Å². The summed E-state index contributed by atoms with van der Waals surface area (Å²) in [6.45, 7) is 2.08. The van der Waals surface area contributed by atoms with Crippen molar-refractivity contribution in [1.82, 2.24) is 16.0 Å². The molecule has 0 atom stereocenters. The standard InChI is InChI=1S/C20H25N3O/c24-19-20(13-7-8-14-21-19,22-15-17-9-3-1-4-10-17)23-16-18-11-5-2-6-12-18/h1-6,9-12,22-23H,7-8,13-16H2,(H,21,24). The van der Waals surface area contributed by atoms with E-state index in [9.17, 15) is 4.79 Å².